The number of nitrogens with zero attached hydrogens (tertiary/aromatic N) is 3. The third-order valence-electron chi connectivity index (χ3n) is 3.23. The van der Waals surface area contributed by atoms with Crippen molar-refractivity contribution < 1.29 is 0 Å². The molecule has 1 fully saturated rings. The maximum atomic E-state index is 5.78. The highest BCUT2D eigenvalue weighted by atomic mass is 15.2. The van der Waals surface area contributed by atoms with Gasteiger partial charge in [-0.25, -0.2) is 9.98 Å². The lowest BCUT2D eigenvalue weighted by Crippen LogP contribution is -2.32. The van der Waals surface area contributed by atoms with Gasteiger partial charge in [-0.2, -0.15) is 0 Å². The molecule has 2 heterocycles. The van der Waals surface area contributed by atoms with Gasteiger partial charge in [-0.3, -0.25) is 0 Å². The van der Waals surface area contributed by atoms with Gasteiger partial charge in [-0.05, 0) is 37.0 Å². The minimum absolute atomic E-state index is 0.515. The lowest BCUT2D eigenvalue weighted by molar-refractivity contribution is 0.825. The fraction of sp³-hybridized carbons (Fsp3) is 0.571. The van der Waals surface area contributed by atoms with Crippen molar-refractivity contribution in [2.75, 3.05) is 24.5 Å². The van der Waals surface area contributed by atoms with E-state index >= 15 is 0 Å². The standard InChI is InChI=1S/C14H23N5/c1-2-6-17-14(15)18-11-12-5-7-16-13(10-12)19-8-3-4-9-19/h5,7,10H,2-4,6,8-9,11H2,1H3,(H3,15,17,18). The van der Waals surface area contributed by atoms with Gasteiger partial charge in [-0.15, -0.1) is 0 Å². The number of nitrogens with one attached hydrogen (secondary N) is 1. The molecular formula is C14H23N5. The maximum absolute atomic E-state index is 5.78. The molecule has 0 amide bonds. The number of anilines is 1. The van der Waals surface area contributed by atoms with Gasteiger partial charge < -0.3 is 16.0 Å². The lowest BCUT2D eigenvalue weighted by Gasteiger charge is -2.16. The summed E-state index contributed by atoms with van der Waals surface area (Å²) in [5, 5.41) is 3.07. The van der Waals surface area contributed by atoms with Crippen molar-refractivity contribution in [2.45, 2.75) is 32.7 Å². The normalized spacial score (nSPS) is 15.8. The van der Waals surface area contributed by atoms with Crippen LogP contribution >= 0.6 is 0 Å². The third kappa shape index (κ3) is 4.12. The Hall–Kier alpha value is -1.78. The van der Waals surface area contributed by atoms with Crippen molar-refractivity contribution >= 4 is 11.8 Å². The molecule has 1 saturated heterocycles. The zero-order chi connectivity index (χ0) is 13.5. The molecule has 1 aliphatic rings. The summed E-state index contributed by atoms with van der Waals surface area (Å²) >= 11 is 0. The summed E-state index contributed by atoms with van der Waals surface area (Å²) in [7, 11) is 0. The summed E-state index contributed by atoms with van der Waals surface area (Å²) in [5.41, 5.74) is 6.93. The maximum Gasteiger partial charge on any atom is 0.188 e. The predicted molar refractivity (Wildman–Crippen MR) is 79.3 cm³/mol. The van der Waals surface area contributed by atoms with Crippen molar-refractivity contribution in [1.82, 2.24) is 10.3 Å². The van der Waals surface area contributed by atoms with E-state index in [1.54, 1.807) is 0 Å². The number of guanidine groups is 1. The molecule has 0 aliphatic carbocycles. The second-order valence-electron chi connectivity index (χ2n) is 4.84. The molecule has 0 unspecified atom stereocenters. The third-order valence-corrected chi connectivity index (χ3v) is 3.23. The van der Waals surface area contributed by atoms with Crippen LogP contribution in [0.2, 0.25) is 0 Å². The van der Waals surface area contributed by atoms with E-state index in [1.807, 2.05) is 12.3 Å². The van der Waals surface area contributed by atoms with E-state index in [0.717, 1.165) is 37.4 Å². The molecular weight excluding hydrogens is 238 g/mol. The number of rotatable bonds is 5. The van der Waals surface area contributed by atoms with Crippen LogP contribution < -0.4 is 16.0 Å². The summed E-state index contributed by atoms with van der Waals surface area (Å²) in [5.74, 6) is 1.58. The molecule has 0 atom stereocenters. The van der Waals surface area contributed by atoms with Gasteiger partial charge in [0.05, 0.1) is 6.54 Å². The summed E-state index contributed by atoms with van der Waals surface area (Å²) in [6.45, 7) is 5.79. The molecule has 0 spiro atoms. The Morgan fingerprint density at radius 3 is 3.00 bits per heavy atom. The number of hydrogen-bond acceptors (Lipinski definition) is 3. The minimum atomic E-state index is 0.515. The van der Waals surface area contributed by atoms with E-state index < -0.39 is 0 Å². The first-order chi connectivity index (χ1) is 9.29. The average molecular weight is 261 g/mol. The smallest absolute Gasteiger partial charge is 0.188 e. The summed E-state index contributed by atoms with van der Waals surface area (Å²) < 4.78 is 0. The van der Waals surface area contributed by atoms with Crippen LogP contribution in [0.5, 0.6) is 0 Å². The number of pyridine rings is 1. The van der Waals surface area contributed by atoms with Gasteiger partial charge in [0.1, 0.15) is 5.82 Å². The van der Waals surface area contributed by atoms with Crippen LogP contribution in [0.15, 0.2) is 23.3 Å². The van der Waals surface area contributed by atoms with Crippen molar-refractivity contribution in [3.8, 4) is 0 Å². The molecule has 0 radical (unpaired) electrons. The van der Waals surface area contributed by atoms with Gasteiger partial charge in [0.25, 0.3) is 0 Å². The molecule has 0 bridgehead atoms. The van der Waals surface area contributed by atoms with Gasteiger partial charge >= 0.3 is 0 Å². The largest absolute Gasteiger partial charge is 0.370 e. The van der Waals surface area contributed by atoms with Gasteiger partial charge in [0.2, 0.25) is 0 Å². The van der Waals surface area contributed by atoms with Crippen molar-refractivity contribution in [2.24, 2.45) is 10.7 Å². The molecule has 5 heteroatoms. The van der Waals surface area contributed by atoms with E-state index in [9.17, 15) is 0 Å². The molecule has 0 aromatic carbocycles. The Morgan fingerprint density at radius 2 is 2.26 bits per heavy atom. The lowest BCUT2D eigenvalue weighted by atomic mass is 10.2. The first kappa shape index (κ1) is 13.6. The van der Waals surface area contributed by atoms with Crippen molar-refractivity contribution in [3.63, 3.8) is 0 Å². The highest BCUT2D eigenvalue weighted by Gasteiger charge is 2.13. The number of nitrogens with two attached hydrogens (primary N) is 1. The Morgan fingerprint density at radius 1 is 1.47 bits per heavy atom. The number of aromatic nitrogens is 1. The molecule has 5 nitrogen and oxygen atoms in total. The second-order valence-corrected chi connectivity index (χ2v) is 4.84. The predicted octanol–water partition coefficient (Wildman–Crippen LogP) is 1.50. The Labute approximate surface area is 114 Å². The van der Waals surface area contributed by atoms with Gasteiger partial charge in [-0.1, -0.05) is 6.92 Å². The summed E-state index contributed by atoms with van der Waals surface area (Å²) in [6.07, 6.45) is 5.43. The van der Waals surface area contributed by atoms with Crippen LogP contribution in [0, 0.1) is 0 Å². The Bertz CT molecular complexity index is 424. The second kappa shape index (κ2) is 6.97. The van der Waals surface area contributed by atoms with E-state index in [2.05, 4.69) is 33.2 Å². The first-order valence-electron chi connectivity index (χ1n) is 7.03. The monoisotopic (exact) mass is 261 g/mol. The van der Waals surface area contributed by atoms with Crippen LogP contribution in [0.25, 0.3) is 0 Å². The van der Waals surface area contributed by atoms with Crippen LogP contribution in [0.3, 0.4) is 0 Å². The molecule has 104 valence electrons. The van der Waals surface area contributed by atoms with Crippen molar-refractivity contribution in [3.05, 3.63) is 23.9 Å². The molecule has 19 heavy (non-hydrogen) atoms. The molecule has 1 aliphatic heterocycles. The SMILES string of the molecule is CCCNC(N)=NCc1ccnc(N2CCCC2)c1. The zero-order valence-corrected chi connectivity index (χ0v) is 11.6. The fourth-order valence-electron chi connectivity index (χ4n) is 2.16. The van der Waals surface area contributed by atoms with Gasteiger partial charge in [0.15, 0.2) is 5.96 Å². The Kier molecular flexibility index (Phi) is 5.01. The van der Waals surface area contributed by atoms with Crippen LogP contribution in [0.1, 0.15) is 31.7 Å². The highest BCUT2D eigenvalue weighted by Crippen LogP contribution is 2.18. The van der Waals surface area contributed by atoms with Crippen molar-refractivity contribution in [1.29, 1.82) is 0 Å². The minimum Gasteiger partial charge on any atom is -0.370 e. The summed E-state index contributed by atoms with van der Waals surface area (Å²) in [4.78, 5) is 11.1. The fourth-order valence-corrected chi connectivity index (χ4v) is 2.16. The van der Waals surface area contributed by atoms with E-state index in [-0.39, 0.29) is 0 Å². The molecule has 0 saturated carbocycles. The first-order valence-corrected chi connectivity index (χ1v) is 7.03. The van der Waals surface area contributed by atoms with E-state index in [1.165, 1.54) is 12.8 Å². The van der Waals surface area contributed by atoms with E-state index in [0.29, 0.717) is 12.5 Å². The topological polar surface area (TPSA) is 66.5 Å². The quantitative estimate of drug-likeness (QED) is 0.622. The highest BCUT2D eigenvalue weighted by molar-refractivity contribution is 5.77. The van der Waals surface area contributed by atoms with Crippen LogP contribution in [-0.2, 0) is 6.54 Å². The van der Waals surface area contributed by atoms with Crippen LogP contribution in [-0.4, -0.2) is 30.6 Å². The molecule has 2 rings (SSSR count). The number of aliphatic imine (C=N–C) groups is 1. The van der Waals surface area contributed by atoms with E-state index in [4.69, 9.17) is 5.73 Å². The van der Waals surface area contributed by atoms with Gasteiger partial charge in [0, 0.05) is 25.8 Å². The molecule has 1 aromatic rings. The molecule has 1 aromatic heterocycles. The molecule has 3 N–H and O–H groups in total. The average Bonchev–Trinajstić information content (AvgIpc) is 2.97. The zero-order valence-electron chi connectivity index (χ0n) is 11.6. The number of hydrogen-bond donors (Lipinski definition) is 2. The Balaban J connectivity index is 1.95. The van der Waals surface area contributed by atoms with Crippen LogP contribution in [0.4, 0.5) is 5.82 Å². The summed E-state index contributed by atoms with van der Waals surface area (Å²) in [6, 6.07) is 4.11.